The van der Waals surface area contributed by atoms with Gasteiger partial charge in [-0.05, 0) is 12.0 Å². The second-order valence-electron chi connectivity index (χ2n) is 5.66. The van der Waals surface area contributed by atoms with Crippen LogP contribution in [0.15, 0.2) is 30.3 Å². The average molecular weight is 249 g/mol. The maximum Gasteiger partial charge on any atom is 0.0529 e. The number of nitrogens with one attached hydrogen (secondary N) is 1. The predicted octanol–water partition coefficient (Wildman–Crippen LogP) is 3.62. The normalized spacial score (nSPS) is 11.7. The number of unbranched alkanes of at least 4 members (excludes halogenated alkanes) is 1. The molecule has 0 saturated heterocycles. The molecule has 0 saturated carbocycles. The van der Waals surface area contributed by atoms with E-state index in [1.54, 1.807) is 0 Å². The van der Waals surface area contributed by atoms with Gasteiger partial charge >= 0.3 is 0 Å². The smallest absolute Gasteiger partial charge is 0.0529 e. The Balaban J connectivity index is 2.16. The van der Waals surface area contributed by atoms with E-state index in [1.807, 2.05) is 0 Å². The van der Waals surface area contributed by atoms with E-state index in [0.29, 0.717) is 0 Å². The van der Waals surface area contributed by atoms with Gasteiger partial charge in [-0.2, -0.15) is 0 Å². The molecule has 0 aliphatic carbocycles. The summed E-state index contributed by atoms with van der Waals surface area (Å²) in [4.78, 5) is 0. The van der Waals surface area contributed by atoms with E-state index in [1.165, 1.54) is 12.0 Å². The molecule has 0 aliphatic rings. The molecule has 0 amide bonds. The second-order valence-corrected chi connectivity index (χ2v) is 5.66. The monoisotopic (exact) mass is 249 g/mol. The topological polar surface area (TPSA) is 21.3 Å². The zero-order valence-electron chi connectivity index (χ0n) is 12.0. The molecule has 0 bridgehead atoms. The molecule has 0 spiro atoms. The van der Waals surface area contributed by atoms with Gasteiger partial charge < -0.3 is 10.1 Å². The van der Waals surface area contributed by atoms with Gasteiger partial charge in [0.05, 0.1) is 6.61 Å². The molecule has 0 aromatic heterocycles. The van der Waals surface area contributed by atoms with Crippen LogP contribution in [0.4, 0.5) is 0 Å². The molecule has 0 unspecified atom stereocenters. The largest absolute Gasteiger partial charge is 0.381 e. The third kappa shape index (κ3) is 6.77. The Labute approximate surface area is 112 Å². The van der Waals surface area contributed by atoms with E-state index in [0.717, 1.165) is 32.7 Å². The van der Waals surface area contributed by atoms with Gasteiger partial charge in [-0.15, -0.1) is 0 Å². The summed E-state index contributed by atoms with van der Waals surface area (Å²) in [7, 11) is 0. The van der Waals surface area contributed by atoms with Crippen molar-refractivity contribution in [2.75, 3.05) is 19.8 Å². The van der Waals surface area contributed by atoms with E-state index in [9.17, 15) is 0 Å². The van der Waals surface area contributed by atoms with Crippen LogP contribution in [0.3, 0.4) is 0 Å². The molecular formula is C16H27NO. The van der Waals surface area contributed by atoms with Gasteiger partial charge in [0.1, 0.15) is 0 Å². The van der Waals surface area contributed by atoms with Crippen molar-refractivity contribution in [2.45, 2.75) is 40.2 Å². The van der Waals surface area contributed by atoms with Crippen molar-refractivity contribution in [3.8, 4) is 0 Å². The standard InChI is InChI=1S/C16H27NO/c1-4-5-11-18-14-16(2,3)13-17-12-15-9-7-6-8-10-15/h6-10,17H,4-5,11-14H2,1-3H3. The van der Waals surface area contributed by atoms with Crippen LogP contribution >= 0.6 is 0 Å². The first-order valence-corrected chi connectivity index (χ1v) is 6.96. The Morgan fingerprint density at radius 2 is 1.89 bits per heavy atom. The summed E-state index contributed by atoms with van der Waals surface area (Å²) in [5.41, 5.74) is 1.53. The first kappa shape index (κ1) is 15.2. The van der Waals surface area contributed by atoms with E-state index in [4.69, 9.17) is 4.74 Å². The lowest BCUT2D eigenvalue weighted by Crippen LogP contribution is -2.33. The lowest BCUT2D eigenvalue weighted by molar-refractivity contribution is 0.0602. The lowest BCUT2D eigenvalue weighted by atomic mass is 9.95. The number of rotatable bonds is 9. The van der Waals surface area contributed by atoms with E-state index in [2.05, 4.69) is 56.4 Å². The quantitative estimate of drug-likeness (QED) is 0.675. The Hall–Kier alpha value is -0.860. The van der Waals surface area contributed by atoms with Crippen LogP contribution < -0.4 is 5.32 Å². The van der Waals surface area contributed by atoms with Crippen LogP contribution in [0, 0.1) is 5.41 Å². The van der Waals surface area contributed by atoms with Crippen molar-refractivity contribution in [3.63, 3.8) is 0 Å². The fraction of sp³-hybridized carbons (Fsp3) is 0.625. The van der Waals surface area contributed by atoms with E-state index >= 15 is 0 Å². The zero-order valence-corrected chi connectivity index (χ0v) is 12.0. The minimum absolute atomic E-state index is 0.197. The molecule has 0 radical (unpaired) electrons. The molecule has 2 heteroatoms. The van der Waals surface area contributed by atoms with Crippen molar-refractivity contribution in [1.82, 2.24) is 5.32 Å². The molecule has 0 heterocycles. The maximum absolute atomic E-state index is 5.70. The number of hydrogen-bond donors (Lipinski definition) is 1. The molecule has 102 valence electrons. The van der Waals surface area contributed by atoms with Crippen LogP contribution in [0.25, 0.3) is 0 Å². The predicted molar refractivity (Wildman–Crippen MR) is 77.7 cm³/mol. The Bertz CT molecular complexity index is 308. The maximum atomic E-state index is 5.70. The van der Waals surface area contributed by atoms with Gasteiger partial charge in [-0.3, -0.25) is 0 Å². The zero-order chi connectivity index (χ0) is 13.3. The minimum Gasteiger partial charge on any atom is -0.381 e. The summed E-state index contributed by atoms with van der Waals surface area (Å²) >= 11 is 0. The summed E-state index contributed by atoms with van der Waals surface area (Å²) in [5, 5.41) is 3.50. The van der Waals surface area contributed by atoms with Gasteiger partial charge in [-0.1, -0.05) is 57.5 Å². The molecular weight excluding hydrogens is 222 g/mol. The third-order valence-corrected chi connectivity index (χ3v) is 2.91. The number of hydrogen-bond acceptors (Lipinski definition) is 2. The van der Waals surface area contributed by atoms with Gasteiger partial charge in [0, 0.05) is 25.1 Å². The number of benzene rings is 1. The van der Waals surface area contributed by atoms with Crippen molar-refractivity contribution >= 4 is 0 Å². The first-order chi connectivity index (χ1) is 8.64. The van der Waals surface area contributed by atoms with Crippen LogP contribution in [0.5, 0.6) is 0 Å². The first-order valence-electron chi connectivity index (χ1n) is 6.96. The molecule has 0 fully saturated rings. The lowest BCUT2D eigenvalue weighted by Gasteiger charge is -2.25. The van der Waals surface area contributed by atoms with Crippen molar-refractivity contribution in [3.05, 3.63) is 35.9 Å². The molecule has 2 nitrogen and oxygen atoms in total. The highest BCUT2D eigenvalue weighted by atomic mass is 16.5. The molecule has 0 aliphatic heterocycles. The minimum atomic E-state index is 0.197. The van der Waals surface area contributed by atoms with Crippen molar-refractivity contribution in [1.29, 1.82) is 0 Å². The summed E-state index contributed by atoms with van der Waals surface area (Å²) in [6.45, 7) is 10.3. The Morgan fingerprint density at radius 1 is 1.17 bits per heavy atom. The third-order valence-electron chi connectivity index (χ3n) is 2.91. The SMILES string of the molecule is CCCCOCC(C)(C)CNCc1ccccc1. The second kappa shape index (κ2) is 8.28. The van der Waals surface area contributed by atoms with Crippen LogP contribution in [-0.2, 0) is 11.3 Å². The summed E-state index contributed by atoms with van der Waals surface area (Å²) < 4.78 is 5.70. The Morgan fingerprint density at radius 3 is 2.56 bits per heavy atom. The Kier molecular flexibility index (Phi) is 6.99. The van der Waals surface area contributed by atoms with Crippen LogP contribution in [0.1, 0.15) is 39.2 Å². The molecule has 1 aromatic rings. The highest BCUT2D eigenvalue weighted by Crippen LogP contribution is 2.14. The average Bonchev–Trinajstić information content (AvgIpc) is 2.36. The van der Waals surface area contributed by atoms with E-state index < -0.39 is 0 Å². The summed E-state index contributed by atoms with van der Waals surface area (Å²) in [6.07, 6.45) is 2.36. The summed E-state index contributed by atoms with van der Waals surface area (Å²) in [6, 6.07) is 10.5. The summed E-state index contributed by atoms with van der Waals surface area (Å²) in [5.74, 6) is 0. The highest BCUT2D eigenvalue weighted by molar-refractivity contribution is 5.14. The van der Waals surface area contributed by atoms with Gasteiger partial charge in [0.2, 0.25) is 0 Å². The van der Waals surface area contributed by atoms with Crippen molar-refractivity contribution < 1.29 is 4.74 Å². The van der Waals surface area contributed by atoms with E-state index in [-0.39, 0.29) is 5.41 Å². The fourth-order valence-corrected chi connectivity index (χ4v) is 1.79. The van der Waals surface area contributed by atoms with Gasteiger partial charge in [0.25, 0.3) is 0 Å². The fourth-order valence-electron chi connectivity index (χ4n) is 1.79. The highest BCUT2D eigenvalue weighted by Gasteiger charge is 2.17. The van der Waals surface area contributed by atoms with Crippen molar-refractivity contribution in [2.24, 2.45) is 5.41 Å². The molecule has 1 N–H and O–H groups in total. The molecule has 0 atom stereocenters. The molecule has 1 aromatic carbocycles. The van der Waals surface area contributed by atoms with Crippen LogP contribution in [0.2, 0.25) is 0 Å². The molecule has 1 rings (SSSR count). The van der Waals surface area contributed by atoms with Gasteiger partial charge in [-0.25, -0.2) is 0 Å². The van der Waals surface area contributed by atoms with Crippen LogP contribution in [-0.4, -0.2) is 19.8 Å². The molecule has 18 heavy (non-hydrogen) atoms. The van der Waals surface area contributed by atoms with Gasteiger partial charge in [0.15, 0.2) is 0 Å². The number of ether oxygens (including phenoxy) is 1.